The van der Waals surface area contributed by atoms with Crippen molar-refractivity contribution < 1.29 is 33.8 Å². The van der Waals surface area contributed by atoms with Gasteiger partial charge in [0, 0.05) is 0 Å². The molecule has 88 valence electrons. The SMILES string of the molecule is C1N2CN3CN1C[NH+](C2)C3.[O-][Cl+3]([O-])([O-])[O-]. The van der Waals surface area contributed by atoms with Crippen molar-refractivity contribution in [3.63, 3.8) is 0 Å². The van der Waals surface area contributed by atoms with Crippen molar-refractivity contribution in [2.45, 2.75) is 0 Å². The zero-order valence-electron chi connectivity index (χ0n) is 8.10. The largest absolute Gasteiger partial charge is 0.297 e. The third-order valence-corrected chi connectivity index (χ3v) is 2.54. The number of halogens is 1. The van der Waals surface area contributed by atoms with E-state index in [0.29, 0.717) is 0 Å². The standard InChI is InChI=1S/C6H12N4.ClHO4/c1-7-2-9-4-8(1)5-10(3-7)6-9;2-1(3,4)5/h1-6H2;(H,2,3,4,5). The molecule has 0 aliphatic carbocycles. The molecule has 15 heavy (non-hydrogen) atoms. The molecular formula is C6H13ClN4O4. The second-order valence-electron chi connectivity index (χ2n) is 4.04. The van der Waals surface area contributed by atoms with Crippen LogP contribution in [0.4, 0.5) is 0 Å². The van der Waals surface area contributed by atoms with E-state index in [1.165, 1.54) is 40.0 Å². The molecule has 4 aliphatic rings. The topological polar surface area (TPSA) is 106 Å². The van der Waals surface area contributed by atoms with Gasteiger partial charge in [-0.05, 0) is 0 Å². The van der Waals surface area contributed by atoms with Crippen molar-refractivity contribution >= 4 is 0 Å². The molecule has 0 saturated carbocycles. The van der Waals surface area contributed by atoms with E-state index in [9.17, 15) is 0 Å². The first-order valence-electron chi connectivity index (χ1n) is 4.52. The van der Waals surface area contributed by atoms with Gasteiger partial charge in [-0.25, -0.2) is 33.3 Å². The first-order chi connectivity index (χ1) is 6.90. The number of rotatable bonds is 0. The van der Waals surface area contributed by atoms with Crippen molar-refractivity contribution in [3.8, 4) is 0 Å². The summed E-state index contributed by atoms with van der Waals surface area (Å²) in [5.41, 5.74) is 0. The Morgan fingerprint density at radius 1 is 0.733 bits per heavy atom. The molecular weight excluding hydrogens is 228 g/mol. The lowest BCUT2D eigenvalue weighted by Crippen LogP contribution is -3.21. The molecule has 4 bridgehead atoms. The van der Waals surface area contributed by atoms with E-state index < -0.39 is 10.2 Å². The Bertz CT molecular complexity index is 173. The molecule has 8 nitrogen and oxygen atoms in total. The van der Waals surface area contributed by atoms with E-state index >= 15 is 0 Å². The van der Waals surface area contributed by atoms with Crippen LogP contribution in [0.5, 0.6) is 0 Å². The van der Waals surface area contributed by atoms with Gasteiger partial charge in [-0.15, -0.1) is 10.2 Å². The van der Waals surface area contributed by atoms with Gasteiger partial charge in [0.2, 0.25) is 0 Å². The highest BCUT2D eigenvalue weighted by atomic mass is 35.7. The van der Waals surface area contributed by atoms with E-state index in [1.807, 2.05) is 0 Å². The summed E-state index contributed by atoms with van der Waals surface area (Å²) in [4.78, 5) is 9.23. The third-order valence-electron chi connectivity index (χ3n) is 2.54. The zero-order chi connectivity index (χ0) is 11.1. The van der Waals surface area contributed by atoms with Crippen molar-refractivity contribution in [2.75, 3.05) is 40.0 Å². The van der Waals surface area contributed by atoms with Crippen molar-refractivity contribution in [1.82, 2.24) is 14.7 Å². The minimum absolute atomic E-state index is 1.21. The van der Waals surface area contributed by atoms with Crippen LogP contribution in [0, 0.1) is 10.2 Å². The third kappa shape index (κ3) is 3.48. The highest BCUT2D eigenvalue weighted by Crippen LogP contribution is 2.09. The van der Waals surface area contributed by atoms with E-state index in [0.717, 1.165) is 0 Å². The normalized spacial score (nSPS) is 42.4. The average Bonchev–Trinajstić information content (AvgIpc) is 1.96. The summed E-state index contributed by atoms with van der Waals surface area (Å²) in [5, 5.41) is 0. The second kappa shape index (κ2) is 4.09. The lowest BCUT2D eigenvalue weighted by Gasteiger charge is -2.53. The molecule has 4 rings (SSSR count). The molecule has 0 atom stereocenters. The van der Waals surface area contributed by atoms with Crippen LogP contribution in [0.25, 0.3) is 0 Å². The van der Waals surface area contributed by atoms with Crippen molar-refractivity contribution in [3.05, 3.63) is 0 Å². The van der Waals surface area contributed by atoms with Crippen LogP contribution in [0.3, 0.4) is 0 Å². The van der Waals surface area contributed by atoms with Gasteiger partial charge < -0.3 is 0 Å². The van der Waals surface area contributed by atoms with Gasteiger partial charge in [-0.1, -0.05) is 0 Å². The maximum absolute atomic E-state index is 8.49. The number of hydrogen-bond acceptors (Lipinski definition) is 7. The Balaban J connectivity index is 0.000000149. The van der Waals surface area contributed by atoms with Crippen LogP contribution in [0.15, 0.2) is 0 Å². The molecule has 4 fully saturated rings. The van der Waals surface area contributed by atoms with Crippen LogP contribution < -0.4 is 23.5 Å². The van der Waals surface area contributed by atoms with Crippen LogP contribution in [0.1, 0.15) is 0 Å². The molecule has 1 N–H and O–H groups in total. The molecule has 4 heterocycles. The maximum Gasteiger partial charge on any atom is 0.137 e. The van der Waals surface area contributed by atoms with Gasteiger partial charge in [0.15, 0.2) is 0 Å². The molecule has 0 radical (unpaired) electrons. The molecule has 0 spiro atoms. The van der Waals surface area contributed by atoms with Gasteiger partial charge in [-0.3, -0.25) is 4.90 Å². The van der Waals surface area contributed by atoms with Gasteiger partial charge in [-0.2, -0.15) is 0 Å². The fourth-order valence-corrected chi connectivity index (χ4v) is 2.38. The van der Waals surface area contributed by atoms with E-state index in [2.05, 4.69) is 14.7 Å². The molecule has 0 amide bonds. The predicted molar refractivity (Wildman–Crippen MR) is 35.7 cm³/mol. The van der Waals surface area contributed by atoms with E-state index in [1.54, 1.807) is 4.90 Å². The maximum atomic E-state index is 8.49. The van der Waals surface area contributed by atoms with Crippen molar-refractivity contribution in [1.29, 1.82) is 0 Å². The summed E-state index contributed by atoms with van der Waals surface area (Å²) in [6, 6.07) is 0. The fraction of sp³-hybridized carbons (Fsp3) is 1.00. The summed E-state index contributed by atoms with van der Waals surface area (Å²) in [6.45, 7) is 7.44. The highest BCUT2D eigenvalue weighted by Gasteiger charge is 2.39. The van der Waals surface area contributed by atoms with Gasteiger partial charge in [0.1, 0.15) is 20.0 Å². The first kappa shape index (κ1) is 11.5. The molecule has 0 aromatic carbocycles. The summed E-state index contributed by atoms with van der Waals surface area (Å²) in [5.74, 6) is 0. The number of nitrogens with zero attached hydrogens (tertiary/aromatic N) is 3. The van der Waals surface area contributed by atoms with Gasteiger partial charge in [0.05, 0.1) is 20.0 Å². The molecule has 0 unspecified atom stereocenters. The first-order valence-corrected chi connectivity index (χ1v) is 5.76. The van der Waals surface area contributed by atoms with Crippen LogP contribution >= 0.6 is 0 Å². The molecule has 0 aromatic rings. The number of nitrogens with one attached hydrogen (secondary N) is 1. The quantitative estimate of drug-likeness (QED) is 0.448. The summed E-state index contributed by atoms with van der Waals surface area (Å²) in [7, 11) is -4.94. The Morgan fingerprint density at radius 3 is 1.20 bits per heavy atom. The fourth-order valence-electron chi connectivity index (χ4n) is 2.38. The Hall–Kier alpha value is -0.0300. The summed E-state index contributed by atoms with van der Waals surface area (Å²) >= 11 is 0. The smallest absolute Gasteiger partial charge is 0.137 e. The minimum atomic E-state index is -4.94. The van der Waals surface area contributed by atoms with Crippen LogP contribution in [0.2, 0.25) is 0 Å². The summed E-state index contributed by atoms with van der Waals surface area (Å²) in [6.07, 6.45) is 0. The average molecular weight is 241 g/mol. The predicted octanol–water partition coefficient (Wildman–Crippen LogP) is -7.19. The molecule has 0 aromatic heterocycles. The minimum Gasteiger partial charge on any atom is -0.297 e. The summed E-state index contributed by atoms with van der Waals surface area (Å²) < 4.78 is 34.0. The van der Waals surface area contributed by atoms with Gasteiger partial charge >= 0.3 is 0 Å². The lowest BCUT2D eigenvalue weighted by molar-refractivity contribution is -2.00. The highest BCUT2D eigenvalue weighted by molar-refractivity contribution is 4.69. The molecule has 9 heteroatoms. The van der Waals surface area contributed by atoms with Gasteiger partial charge in [0.25, 0.3) is 0 Å². The zero-order valence-corrected chi connectivity index (χ0v) is 8.85. The lowest BCUT2D eigenvalue weighted by atomic mass is 10.4. The Morgan fingerprint density at radius 2 is 1.00 bits per heavy atom. The number of quaternary nitrogens is 1. The van der Waals surface area contributed by atoms with E-state index in [4.69, 9.17) is 18.6 Å². The monoisotopic (exact) mass is 240 g/mol. The molecule has 4 aliphatic heterocycles. The van der Waals surface area contributed by atoms with Crippen LogP contribution in [-0.2, 0) is 0 Å². The number of hydrogen-bond donors (Lipinski definition) is 1. The molecule has 4 saturated heterocycles. The Labute approximate surface area is 89.2 Å². The van der Waals surface area contributed by atoms with Crippen molar-refractivity contribution in [2.24, 2.45) is 0 Å². The Kier molecular flexibility index (Phi) is 3.12. The second-order valence-corrected chi connectivity index (χ2v) is 4.79. The van der Waals surface area contributed by atoms with E-state index in [-0.39, 0.29) is 0 Å². The van der Waals surface area contributed by atoms with Crippen LogP contribution in [-0.4, -0.2) is 54.7 Å².